The lowest BCUT2D eigenvalue weighted by Crippen LogP contribution is -2.04. The molecule has 0 saturated heterocycles. The van der Waals surface area contributed by atoms with Gasteiger partial charge in [-0.2, -0.15) is 0 Å². The van der Waals surface area contributed by atoms with Crippen LogP contribution in [0.4, 0.5) is 0 Å². The molecule has 0 amide bonds. The Morgan fingerprint density at radius 3 is 3.15 bits per heavy atom. The van der Waals surface area contributed by atoms with Gasteiger partial charge in [0.25, 0.3) is 0 Å². The molecule has 0 aliphatic rings. The highest BCUT2D eigenvalue weighted by Gasteiger charge is 2.04. The average Bonchev–Trinajstić information content (AvgIpc) is 2.49. The van der Waals surface area contributed by atoms with Crippen molar-refractivity contribution in [3.63, 3.8) is 0 Å². The molecule has 1 aromatic carbocycles. The van der Waals surface area contributed by atoms with Gasteiger partial charge in [0.05, 0.1) is 5.39 Å². The highest BCUT2D eigenvalue weighted by Crippen LogP contribution is 2.23. The Balaban J connectivity index is 2.53. The number of rotatable bonds is 2. The van der Waals surface area contributed by atoms with Crippen molar-refractivity contribution >= 4 is 26.9 Å². The van der Waals surface area contributed by atoms with Crippen molar-refractivity contribution in [3.8, 4) is 0 Å². The molecule has 0 fully saturated rings. The molecule has 1 aromatic heterocycles. The second-order valence-corrected chi connectivity index (χ2v) is 3.59. The number of fused-ring (bicyclic) bond motifs is 1. The second kappa shape index (κ2) is 3.47. The molecule has 4 heteroatoms. The van der Waals surface area contributed by atoms with E-state index in [2.05, 4.69) is 32.5 Å². The summed E-state index contributed by atoms with van der Waals surface area (Å²) in [5, 5.41) is 7.93. The molecule has 0 spiro atoms. The Labute approximate surface area is 84.2 Å². The van der Waals surface area contributed by atoms with Gasteiger partial charge in [-0.25, -0.2) is 0 Å². The number of aromatic nitrogens is 1. The van der Waals surface area contributed by atoms with E-state index in [0.29, 0.717) is 0 Å². The van der Waals surface area contributed by atoms with Crippen LogP contribution in [0, 0.1) is 0 Å². The number of hydrogen-bond donors (Lipinski definition) is 1. The minimum Gasteiger partial charge on any atom is -0.355 e. The zero-order valence-corrected chi connectivity index (χ0v) is 8.76. The van der Waals surface area contributed by atoms with E-state index in [-0.39, 0.29) is 0 Å². The molecule has 1 heterocycles. The third-order valence-corrected chi connectivity index (χ3v) is 2.44. The first kappa shape index (κ1) is 8.72. The Bertz CT molecular complexity index is 424. The van der Waals surface area contributed by atoms with Crippen molar-refractivity contribution in [3.05, 3.63) is 28.4 Å². The molecule has 0 unspecified atom stereocenters. The van der Waals surface area contributed by atoms with E-state index in [9.17, 15) is 0 Å². The molecule has 0 aliphatic carbocycles. The molecule has 0 aliphatic heterocycles. The van der Waals surface area contributed by atoms with Gasteiger partial charge in [-0.15, -0.1) is 0 Å². The predicted molar refractivity (Wildman–Crippen MR) is 54.5 cm³/mol. The SMILES string of the molecule is CNCc1ccc2onc(Br)c2c1. The maximum atomic E-state index is 5.06. The molecule has 1 N–H and O–H groups in total. The highest BCUT2D eigenvalue weighted by atomic mass is 79.9. The number of hydrogen-bond acceptors (Lipinski definition) is 3. The van der Waals surface area contributed by atoms with Gasteiger partial charge in [-0.3, -0.25) is 0 Å². The topological polar surface area (TPSA) is 38.1 Å². The zero-order valence-electron chi connectivity index (χ0n) is 7.17. The van der Waals surface area contributed by atoms with Gasteiger partial charge < -0.3 is 9.84 Å². The molecule has 0 bridgehead atoms. The number of benzene rings is 1. The first-order valence-corrected chi connectivity index (χ1v) is 4.79. The summed E-state index contributed by atoms with van der Waals surface area (Å²) in [7, 11) is 1.92. The summed E-state index contributed by atoms with van der Waals surface area (Å²) < 4.78 is 5.83. The highest BCUT2D eigenvalue weighted by molar-refractivity contribution is 9.10. The normalized spacial score (nSPS) is 10.9. The van der Waals surface area contributed by atoms with Gasteiger partial charge in [0, 0.05) is 6.54 Å². The molecule has 0 radical (unpaired) electrons. The van der Waals surface area contributed by atoms with Crippen molar-refractivity contribution in [1.82, 2.24) is 10.5 Å². The third kappa shape index (κ3) is 1.59. The van der Waals surface area contributed by atoms with Crippen LogP contribution in [0.1, 0.15) is 5.56 Å². The summed E-state index contributed by atoms with van der Waals surface area (Å²) in [4.78, 5) is 0. The van der Waals surface area contributed by atoms with Gasteiger partial charge in [-0.05, 0) is 40.7 Å². The van der Waals surface area contributed by atoms with Gasteiger partial charge in [-0.1, -0.05) is 11.2 Å². The Kier molecular flexibility index (Phi) is 2.33. The second-order valence-electron chi connectivity index (χ2n) is 2.83. The van der Waals surface area contributed by atoms with Crippen LogP contribution in [-0.4, -0.2) is 12.2 Å². The van der Waals surface area contributed by atoms with Crippen LogP contribution < -0.4 is 5.32 Å². The Morgan fingerprint density at radius 1 is 1.54 bits per heavy atom. The van der Waals surface area contributed by atoms with Gasteiger partial charge in [0.15, 0.2) is 10.2 Å². The quantitative estimate of drug-likeness (QED) is 0.876. The lowest BCUT2D eigenvalue weighted by atomic mass is 10.2. The molecule has 2 rings (SSSR count). The van der Waals surface area contributed by atoms with Crippen molar-refractivity contribution < 1.29 is 4.52 Å². The summed E-state index contributed by atoms with van der Waals surface area (Å²) in [6.45, 7) is 0.855. The first-order chi connectivity index (χ1) is 6.31. The largest absolute Gasteiger partial charge is 0.355 e. The molecule has 2 aromatic rings. The number of halogens is 1. The molecular formula is C9H9BrN2O. The summed E-state index contributed by atoms with van der Waals surface area (Å²) in [6, 6.07) is 6.02. The minimum absolute atomic E-state index is 0.764. The molecule has 3 nitrogen and oxygen atoms in total. The van der Waals surface area contributed by atoms with E-state index < -0.39 is 0 Å². The smallest absolute Gasteiger partial charge is 0.168 e. The maximum absolute atomic E-state index is 5.06. The predicted octanol–water partition coefficient (Wildman–Crippen LogP) is 2.31. The van der Waals surface area contributed by atoms with E-state index in [0.717, 1.165) is 22.1 Å². The van der Waals surface area contributed by atoms with Crippen LogP contribution in [0.3, 0.4) is 0 Å². The van der Waals surface area contributed by atoms with Crippen LogP contribution in [-0.2, 0) is 6.54 Å². The lowest BCUT2D eigenvalue weighted by molar-refractivity contribution is 0.451. The van der Waals surface area contributed by atoms with E-state index >= 15 is 0 Å². The molecule has 0 saturated carbocycles. The zero-order chi connectivity index (χ0) is 9.26. The van der Waals surface area contributed by atoms with Crippen LogP contribution in [0.2, 0.25) is 0 Å². The van der Waals surface area contributed by atoms with E-state index in [1.54, 1.807) is 0 Å². The summed E-state index contributed by atoms with van der Waals surface area (Å²) >= 11 is 3.33. The van der Waals surface area contributed by atoms with Crippen LogP contribution in [0.25, 0.3) is 11.0 Å². The minimum atomic E-state index is 0.764. The van der Waals surface area contributed by atoms with Crippen molar-refractivity contribution in [2.24, 2.45) is 0 Å². The monoisotopic (exact) mass is 240 g/mol. The summed E-state index contributed by atoms with van der Waals surface area (Å²) in [5.74, 6) is 0. The van der Waals surface area contributed by atoms with Crippen LogP contribution in [0.15, 0.2) is 27.3 Å². The Hall–Kier alpha value is -0.870. The number of nitrogens with zero attached hydrogens (tertiary/aromatic N) is 1. The summed E-state index contributed by atoms with van der Waals surface area (Å²) in [6.07, 6.45) is 0. The third-order valence-electron chi connectivity index (χ3n) is 1.87. The van der Waals surface area contributed by atoms with E-state index in [1.165, 1.54) is 5.56 Å². The van der Waals surface area contributed by atoms with Crippen LogP contribution in [0.5, 0.6) is 0 Å². The molecule has 68 valence electrons. The summed E-state index contributed by atoms with van der Waals surface area (Å²) in [5.41, 5.74) is 2.03. The fourth-order valence-electron chi connectivity index (χ4n) is 1.27. The van der Waals surface area contributed by atoms with Gasteiger partial charge in [0.1, 0.15) is 0 Å². The fraction of sp³-hybridized carbons (Fsp3) is 0.222. The lowest BCUT2D eigenvalue weighted by Gasteiger charge is -1.98. The Morgan fingerprint density at radius 2 is 2.38 bits per heavy atom. The standard InChI is InChI=1S/C9H9BrN2O/c1-11-5-6-2-3-8-7(4-6)9(10)12-13-8/h2-4,11H,5H2,1H3. The van der Waals surface area contributed by atoms with Crippen molar-refractivity contribution in [2.45, 2.75) is 6.54 Å². The van der Waals surface area contributed by atoms with E-state index in [1.807, 2.05) is 19.2 Å². The fourth-order valence-corrected chi connectivity index (χ4v) is 1.65. The van der Waals surface area contributed by atoms with E-state index in [4.69, 9.17) is 4.52 Å². The van der Waals surface area contributed by atoms with Gasteiger partial charge in [0.2, 0.25) is 0 Å². The maximum Gasteiger partial charge on any atom is 0.168 e. The molecule has 0 atom stereocenters. The first-order valence-electron chi connectivity index (χ1n) is 3.99. The van der Waals surface area contributed by atoms with Gasteiger partial charge >= 0.3 is 0 Å². The molecular weight excluding hydrogens is 232 g/mol. The molecule has 13 heavy (non-hydrogen) atoms. The number of nitrogens with one attached hydrogen (secondary N) is 1. The average molecular weight is 241 g/mol. The van der Waals surface area contributed by atoms with Crippen LogP contribution >= 0.6 is 15.9 Å². The van der Waals surface area contributed by atoms with Crippen molar-refractivity contribution in [1.29, 1.82) is 0 Å². The van der Waals surface area contributed by atoms with Crippen molar-refractivity contribution in [2.75, 3.05) is 7.05 Å².